The lowest BCUT2D eigenvalue weighted by Gasteiger charge is -2.25. The molecular weight excluding hydrogens is 250 g/mol. The first-order valence-electron chi connectivity index (χ1n) is 6.50. The van der Waals surface area contributed by atoms with E-state index in [4.69, 9.17) is 0 Å². The lowest BCUT2D eigenvalue weighted by Crippen LogP contribution is -2.41. The zero-order valence-corrected chi connectivity index (χ0v) is 10.9. The molecule has 3 nitrogen and oxygen atoms in total. The topological polar surface area (TPSA) is 41.1 Å². The summed E-state index contributed by atoms with van der Waals surface area (Å²) in [6.07, 6.45) is 1.51. The summed E-state index contributed by atoms with van der Waals surface area (Å²) in [4.78, 5) is 12.2. The molecule has 0 bridgehead atoms. The van der Waals surface area contributed by atoms with Gasteiger partial charge in [-0.25, -0.2) is 8.78 Å². The first-order chi connectivity index (χ1) is 9.07. The van der Waals surface area contributed by atoms with Crippen LogP contribution >= 0.6 is 0 Å². The van der Waals surface area contributed by atoms with Crippen LogP contribution in [0.15, 0.2) is 18.2 Å². The van der Waals surface area contributed by atoms with Gasteiger partial charge < -0.3 is 10.6 Å². The SMILES string of the molecule is CCC1(C(=O)NCc2cc(F)ccc2F)CCNC1. The quantitative estimate of drug-likeness (QED) is 0.876. The van der Waals surface area contributed by atoms with E-state index in [1.807, 2.05) is 6.92 Å². The standard InChI is InChI=1S/C14H18F2N2O/c1-2-14(5-6-17-9-14)13(19)18-8-10-7-11(15)3-4-12(10)16/h3-4,7,17H,2,5-6,8-9H2,1H3,(H,18,19). The van der Waals surface area contributed by atoms with Crippen molar-refractivity contribution in [1.29, 1.82) is 0 Å². The second kappa shape index (κ2) is 5.65. The Morgan fingerprint density at radius 3 is 2.89 bits per heavy atom. The summed E-state index contributed by atoms with van der Waals surface area (Å²) in [6.45, 7) is 3.44. The summed E-state index contributed by atoms with van der Waals surface area (Å²) >= 11 is 0. The molecule has 1 saturated heterocycles. The van der Waals surface area contributed by atoms with Crippen molar-refractivity contribution in [3.8, 4) is 0 Å². The van der Waals surface area contributed by atoms with Crippen LogP contribution in [0.1, 0.15) is 25.3 Å². The van der Waals surface area contributed by atoms with Crippen molar-refractivity contribution in [2.24, 2.45) is 5.41 Å². The predicted octanol–water partition coefficient (Wildman–Crippen LogP) is 1.97. The summed E-state index contributed by atoms with van der Waals surface area (Å²) in [7, 11) is 0. The minimum Gasteiger partial charge on any atom is -0.351 e. The van der Waals surface area contributed by atoms with Gasteiger partial charge in [-0.1, -0.05) is 6.92 Å². The Kier molecular flexibility index (Phi) is 4.14. The minimum atomic E-state index is -0.503. The van der Waals surface area contributed by atoms with Gasteiger partial charge in [-0.2, -0.15) is 0 Å². The highest BCUT2D eigenvalue weighted by atomic mass is 19.1. The number of amides is 1. The lowest BCUT2D eigenvalue weighted by atomic mass is 9.83. The first kappa shape index (κ1) is 13.9. The van der Waals surface area contributed by atoms with Crippen LogP contribution in [0.2, 0.25) is 0 Å². The number of hydrogen-bond donors (Lipinski definition) is 2. The van der Waals surface area contributed by atoms with Gasteiger partial charge in [0, 0.05) is 18.7 Å². The maximum Gasteiger partial charge on any atom is 0.227 e. The normalized spacial score (nSPS) is 22.5. The molecule has 0 radical (unpaired) electrons. The third kappa shape index (κ3) is 2.92. The smallest absolute Gasteiger partial charge is 0.227 e. The Labute approximate surface area is 111 Å². The highest BCUT2D eigenvalue weighted by Crippen LogP contribution is 2.29. The van der Waals surface area contributed by atoms with Gasteiger partial charge in [0.15, 0.2) is 0 Å². The molecule has 0 aliphatic carbocycles. The van der Waals surface area contributed by atoms with Crippen molar-refractivity contribution < 1.29 is 13.6 Å². The van der Waals surface area contributed by atoms with Crippen LogP contribution < -0.4 is 10.6 Å². The number of nitrogens with one attached hydrogen (secondary N) is 2. The average molecular weight is 268 g/mol. The van der Waals surface area contributed by atoms with Gasteiger partial charge in [0.25, 0.3) is 0 Å². The van der Waals surface area contributed by atoms with Crippen molar-refractivity contribution >= 4 is 5.91 Å². The zero-order valence-electron chi connectivity index (χ0n) is 10.9. The van der Waals surface area contributed by atoms with Crippen LogP contribution in [0, 0.1) is 17.0 Å². The Morgan fingerprint density at radius 2 is 2.26 bits per heavy atom. The summed E-state index contributed by atoms with van der Waals surface area (Å²) in [5.41, 5.74) is -0.241. The third-order valence-corrected chi connectivity index (χ3v) is 3.85. The van der Waals surface area contributed by atoms with E-state index in [1.54, 1.807) is 0 Å². The Balaban J connectivity index is 2.02. The van der Waals surface area contributed by atoms with Crippen molar-refractivity contribution in [1.82, 2.24) is 10.6 Å². The molecule has 5 heteroatoms. The second-order valence-electron chi connectivity index (χ2n) is 4.98. The van der Waals surface area contributed by atoms with Crippen LogP contribution in [0.3, 0.4) is 0 Å². The van der Waals surface area contributed by atoms with Gasteiger partial charge in [0.1, 0.15) is 11.6 Å². The fraction of sp³-hybridized carbons (Fsp3) is 0.500. The fourth-order valence-corrected chi connectivity index (χ4v) is 2.44. The van der Waals surface area contributed by atoms with E-state index in [9.17, 15) is 13.6 Å². The molecule has 0 saturated carbocycles. The number of halogens is 2. The number of rotatable bonds is 4. The van der Waals surface area contributed by atoms with Crippen LogP contribution in [0.4, 0.5) is 8.78 Å². The predicted molar refractivity (Wildman–Crippen MR) is 68.4 cm³/mol. The van der Waals surface area contributed by atoms with Gasteiger partial charge in [-0.05, 0) is 37.6 Å². The molecule has 1 aromatic rings. The molecule has 1 atom stereocenters. The first-order valence-corrected chi connectivity index (χ1v) is 6.50. The summed E-state index contributed by atoms with van der Waals surface area (Å²) in [5.74, 6) is -1.10. The Bertz CT molecular complexity index is 471. The molecule has 1 amide bonds. The van der Waals surface area contributed by atoms with Crippen molar-refractivity contribution in [3.05, 3.63) is 35.4 Å². The summed E-state index contributed by atoms with van der Waals surface area (Å²) in [5, 5.41) is 5.88. The maximum absolute atomic E-state index is 13.4. The molecule has 1 unspecified atom stereocenters. The second-order valence-corrected chi connectivity index (χ2v) is 4.98. The van der Waals surface area contributed by atoms with E-state index < -0.39 is 17.0 Å². The molecule has 1 aromatic carbocycles. The van der Waals surface area contributed by atoms with Gasteiger partial charge in [-0.3, -0.25) is 4.79 Å². The molecule has 0 spiro atoms. The molecule has 2 N–H and O–H groups in total. The number of carbonyl (C=O) groups excluding carboxylic acids is 1. The minimum absolute atomic E-state index is 0.0180. The van der Waals surface area contributed by atoms with Crippen molar-refractivity contribution in [2.45, 2.75) is 26.3 Å². The van der Waals surface area contributed by atoms with E-state index in [1.165, 1.54) is 0 Å². The Hall–Kier alpha value is -1.49. The molecule has 104 valence electrons. The molecule has 19 heavy (non-hydrogen) atoms. The van der Waals surface area contributed by atoms with Crippen molar-refractivity contribution in [3.63, 3.8) is 0 Å². The molecular formula is C14H18F2N2O. The number of hydrogen-bond acceptors (Lipinski definition) is 2. The van der Waals surface area contributed by atoms with Gasteiger partial charge >= 0.3 is 0 Å². The lowest BCUT2D eigenvalue weighted by molar-refractivity contribution is -0.130. The van der Waals surface area contributed by atoms with Crippen LogP contribution in [0.25, 0.3) is 0 Å². The summed E-state index contributed by atoms with van der Waals surface area (Å²) in [6, 6.07) is 3.25. The van der Waals surface area contributed by atoms with E-state index >= 15 is 0 Å². The molecule has 0 aromatic heterocycles. The molecule has 1 heterocycles. The van der Waals surface area contributed by atoms with Crippen LogP contribution in [0.5, 0.6) is 0 Å². The number of carbonyl (C=O) groups is 1. The third-order valence-electron chi connectivity index (χ3n) is 3.85. The van der Waals surface area contributed by atoms with E-state index in [0.29, 0.717) is 6.54 Å². The highest BCUT2D eigenvalue weighted by Gasteiger charge is 2.39. The number of benzene rings is 1. The van der Waals surface area contributed by atoms with Crippen molar-refractivity contribution in [2.75, 3.05) is 13.1 Å². The molecule has 1 fully saturated rings. The monoisotopic (exact) mass is 268 g/mol. The largest absolute Gasteiger partial charge is 0.351 e. The zero-order chi connectivity index (χ0) is 13.9. The molecule has 1 aliphatic heterocycles. The Morgan fingerprint density at radius 1 is 1.47 bits per heavy atom. The van der Waals surface area contributed by atoms with E-state index in [0.717, 1.165) is 37.6 Å². The molecule has 2 rings (SSSR count). The van der Waals surface area contributed by atoms with Crippen LogP contribution in [-0.4, -0.2) is 19.0 Å². The van der Waals surface area contributed by atoms with Gasteiger partial charge in [0.05, 0.1) is 5.41 Å². The summed E-state index contributed by atoms with van der Waals surface area (Å²) < 4.78 is 26.5. The molecule has 1 aliphatic rings. The van der Waals surface area contributed by atoms with E-state index in [-0.39, 0.29) is 18.0 Å². The van der Waals surface area contributed by atoms with Gasteiger partial charge in [-0.15, -0.1) is 0 Å². The average Bonchev–Trinajstić information content (AvgIpc) is 2.89. The fourth-order valence-electron chi connectivity index (χ4n) is 2.44. The van der Waals surface area contributed by atoms with Gasteiger partial charge in [0.2, 0.25) is 5.91 Å². The maximum atomic E-state index is 13.4. The van der Waals surface area contributed by atoms with Crippen LogP contribution in [-0.2, 0) is 11.3 Å². The van der Waals surface area contributed by atoms with E-state index in [2.05, 4.69) is 10.6 Å². The highest BCUT2D eigenvalue weighted by molar-refractivity contribution is 5.83.